The van der Waals surface area contributed by atoms with Gasteiger partial charge in [0.1, 0.15) is 5.75 Å². The van der Waals surface area contributed by atoms with Crippen LogP contribution in [0.1, 0.15) is 29.8 Å². The molecule has 0 heterocycles. The number of hydrogen-bond donors (Lipinski definition) is 1. The van der Waals surface area contributed by atoms with Crippen LogP contribution < -0.4 is 10.1 Å². The summed E-state index contributed by atoms with van der Waals surface area (Å²) in [5.74, 6) is -0.0744. The fourth-order valence-corrected chi connectivity index (χ4v) is 2.02. The van der Waals surface area contributed by atoms with Crippen molar-refractivity contribution >= 4 is 11.9 Å². The van der Waals surface area contributed by atoms with E-state index in [-0.39, 0.29) is 18.6 Å². The van der Waals surface area contributed by atoms with E-state index in [0.29, 0.717) is 17.9 Å². The van der Waals surface area contributed by atoms with E-state index in [9.17, 15) is 9.59 Å². The molecule has 0 atom stereocenters. The average Bonchev–Trinajstić information content (AvgIpc) is 2.58. The van der Waals surface area contributed by atoms with Gasteiger partial charge in [-0.3, -0.25) is 4.79 Å². The van der Waals surface area contributed by atoms with Crippen molar-refractivity contribution in [2.75, 3.05) is 6.61 Å². The number of carbonyl (C=O) groups is 2. The zero-order chi connectivity index (χ0) is 17.4. The normalized spacial score (nSPS) is 10.3. The Balaban J connectivity index is 1.82. The lowest BCUT2D eigenvalue weighted by atomic mass is 10.2. The van der Waals surface area contributed by atoms with Gasteiger partial charge in [-0.1, -0.05) is 30.3 Å². The van der Waals surface area contributed by atoms with Gasteiger partial charge >= 0.3 is 5.97 Å². The Morgan fingerprint density at radius 3 is 2.29 bits per heavy atom. The Labute approximate surface area is 141 Å². The SMILES string of the molecule is CC(C)OC(=O)COc1ccc(C(=O)NCc2ccccc2)cc1. The second-order valence-corrected chi connectivity index (χ2v) is 5.52. The lowest BCUT2D eigenvalue weighted by Crippen LogP contribution is -2.22. The van der Waals surface area contributed by atoms with Crippen molar-refractivity contribution in [2.24, 2.45) is 0 Å². The van der Waals surface area contributed by atoms with Crippen LogP contribution in [0, 0.1) is 0 Å². The molecule has 24 heavy (non-hydrogen) atoms. The van der Waals surface area contributed by atoms with Gasteiger partial charge in [0.25, 0.3) is 5.91 Å². The summed E-state index contributed by atoms with van der Waals surface area (Å²) >= 11 is 0. The molecule has 2 rings (SSSR count). The molecule has 0 unspecified atom stereocenters. The lowest BCUT2D eigenvalue weighted by Gasteiger charge is -2.10. The molecule has 0 aliphatic heterocycles. The van der Waals surface area contributed by atoms with Gasteiger partial charge in [0.2, 0.25) is 0 Å². The van der Waals surface area contributed by atoms with Crippen LogP contribution in [0.25, 0.3) is 0 Å². The van der Waals surface area contributed by atoms with Gasteiger partial charge in [0, 0.05) is 12.1 Å². The van der Waals surface area contributed by atoms with Crippen molar-refractivity contribution < 1.29 is 19.1 Å². The number of nitrogens with one attached hydrogen (secondary N) is 1. The van der Waals surface area contributed by atoms with E-state index in [1.165, 1.54) is 0 Å². The monoisotopic (exact) mass is 327 g/mol. The van der Waals surface area contributed by atoms with Gasteiger partial charge in [-0.05, 0) is 43.7 Å². The summed E-state index contributed by atoms with van der Waals surface area (Å²) < 4.78 is 10.3. The summed E-state index contributed by atoms with van der Waals surface area (Å²) in [5, 5.41) is 2.85. The first-order valence-corrected chi connectivity index (χ1v) is 7.79. The fourth-order valence-electron chi connectivity index (χ4n) is 2.02. The standard InChI is InChI=1S/C19H21NO4/c1-14(2)24-18(21)13-23-17-10-8-16(9-11-17)19(22)20-12-15-6-4-3-5-7-15/h3-11,14H,12-13H2,1-2H3,(H,20,22). The van der Waals surface area contributed by atoms with E-state index in [1.54, 1.807) is 38.1 Å². The first-order chi connectivity index (χ1) is 11.5. The molecule has 0 aliphatic carbocycles. The summed E-state index contributed by atoms with van der Waals surface area (Å²) in [7, 11) is 0. The van der Waals surface area contributed by atoms with E-state index >= 15 is 0 Å². The molecular weight excluding hydrogens is 306 g/mol. The van der Waals surface area contributed by atoms with E-state index in [0.717, 1.165) is 5.56 Å². The number of ether oxygens (including phenoxy) is 2. The van der Waals surface area contributed by atoms with Crippen molar-refractivity contribution in [1.82, 2.24) is 5.32 Å². The van der Waals surface area contributed by atoms with Gasteiger partial charge in [-0.2, -0.15) is 0 Å². The number of amides is 1. The maximum Gasteiger partial charge on any atom is 0.344 e. The third-order valence-electron chi connectivity index (χ3n) is 3.14. The Morgan fingerprint density at radius 1 is 1.00 bits per heavy atom. The minimum Gasteiger partial charge on any atom is -0.482 e. The minimum absolute atomic E-state index is 0.155. The first kappa shape index (κ1) is 17.5. The molecule has 0 saturated carbocycles. The molecule has 2 aromatic rings. The highest BCUT2D eigenvalue weighted by molar-refractivity contribution is 5.94. The molecule has 0 bridgehead atoms. The summed E-state index contributed by atoms with van der Waals surface area (Å²) in [5.41, 5.74) is 1.57. The van der Waals surface area contributed by atoms with Gasteiger partial charge in [-0.25, -0.2) is 4.79 Å². The second-order valence-electron chi connectivity index (χ2n) is 5.52. The highest BCUT2D eigenvalue weighted by atomic mass is 16.6. The number of esters is 1. The zero-order valence-corrected chi connectivity index (χ0v) is 13.8. The van der Waals surface area contributed by atoms with Crippen LogP contribution in [-0.4, -0.2) is 24.6 Å². The molecule has 0 saturated heterocycles. The van der Waals surface area contributed by atoms with E-state index in [2.05, 4.69) is 5.32 Å². The van der Waals surface area contributed by atoms with Crippen LogP contribution in [-0.2, 0) is 16.1 Å². The fraction of sp³-hybridized carbons (Fsp3) is 0.263. The summed E-state index contributed by atoms with van der Waals surface area (Å²) in [6, 6.07) is 16.3. The first-order valence-electron chi connectivity index (χ1n) is 7.79. The number of rotatable bonds is 7. The van der Waals surface area contributed by atoms with Gasteiger partial charge in [-0.15, -0.1) is 0 Å². The topological polar surface area (TPSA) is 64.6 Å². The van der Waals surface area contributed by atoms with Crippen molar-refractivity contribution in [1.29, 1.82) is 0 Å². The summed E-state index contributed by atoms with van der Waals surface area (Å²) in [4.78, 5) is 23.5. The summed E-state index contributed by atoms with van der Waals surface area (Å²) in [6.07, 6.45) is -0.170. The molecule has 5 heteroatoms. The maximum atomic E-state index is 12.1. The van der Waals surface area contributed by atoms with Crippen molar-refractivity contribution in [3.8, 4) is 5.75 Å². The average molecular weight is 327 g/mol. The molecule has 0 radical (unpaired) electrons. The quantitative estimate of drug-likeness (QED) is 0.794. The molecule has 0 aromatic heterocycles. The molecular formula is C19H21NO4. The molecule has 126 valence electrons. The van der Waals surface area contributed by atoms with Gasteiger partial charge in [0.15, 0.2) is 6.61 Å². The van der Waals surface area contributed by atoms with Gasteiger partial charge in [0.05, 0.1) is 6.10 Å². The molecule has 0 fully saturated rings. The lowest BCUT2D eigenvalue weighted by molar-refractivity contribution is -0.149. The third-order valence-corrected chi connectivity index (χ3v) is 3.14. The molecule has 5 nitrogen and oxygen atoms in total. The van der Waals surface area contributed by atoms with Crippen molar-refractivity contribution in [2.45, 2.75) is 26.5 Å². The second kappa shape index (κ2) is 8.72. The predicted octanol–water partition coefficient (Wildman–Crippen LogP) is 2.95. The number of carbonyl (C=O) groups excluding carboxylic acids is 2. The third kappa shape index (κ3) is 5.76. The van der Waals surface area contributed by atoms with E-state index < -0.39 is 5.97 Å². The van der Waals surface area contributed by atoms with Crippen LogP contribution in [0.3, 0.4) is 0 Å². The highest BCUT2D eigenvalue weighted by Crippen LogP contribution is 2.12. The number of hydrogen-bond acceptors (Lipinski definition) is 4. The zero-order valence-electron chi connectivity index (χ0n) is 13.8. The summed E-state index contributed by atoms with van der Waals surface area (Å²) in [6.45, 7) is 3.87. The van der Waals surface area contributed by atoms with Crippen molar-refractivity contribution in [3.63, 3.8) is 0 Å². The highest BCUT2D eigenvalue weighted by Gasteiger charge is 2.08. The van der Waals surface area contributed by atoms with Crippen LogP contribution in [0.4, 0.5) is 0 Å². The smallest absolute Gasteiger partial charge is 0.344 e. The van der Waals surface area contributed by atoms with E-state index in [4.69, 9.17) is 9.47 Å². The maximum absolute atomic E-state index is 12.1. The van der Waals surface area contributed by atoms with Crippen molar-refractivity contribution in [3.05, 3.63) is 65.7 Å². The largest absolute Gasteiger partial charge is 0.482 e. The Hall–Kier alpha value is -2.82. The minimum atomic E-state index is -0.422. The number of benzene rings is 2. The predicted molar refractivity (Wildman–Crippen MR) is 90.8 cm³/mol. The molecule has 0 aliphatic rings. The molecule has 0 spiro atoms. The Kier molecular flexibility index (Phi) is 6.37. The molecule has 2 aromatic carbocycles. The van der Waals surface area contributed by atoms with Gasteiger partial charge < -0.3 is 14.8 Å². The Bertz CT molecular complexity index is 666. The van der Waals surface area contributed by atoms with Crippen LogP contribution in [0.15, 0.2) is 54.6 Å². The molecule has 1 amide bonds. The van der Waals surface area contributed by atoms with Crippen LogP contribution in [0.5, 0.6) is 5.75 Å². The van der Waals surface area contributed by atoms with Crippen LogP contribution in [0.2, 0.25) is 0 Å². The van der Waals surface area contributed by atoms with E-state index in [1.807, 2.05) is 30.3 Å². The molecule has 1 N–H and O–H groups in total. The Morgan fingerprint density at radius 2 is 1.67 bits per heavy atom. The van der Waals surface area contributed by atoms with Crippen LogP contribution >= 0.6 is 0 Å².